The Hall–Kier alpha value is -3.55. The lowest BCUT2D eigenvalue weighted by atomic mass is 10.1. The van der Waals surface area contributed by atoms with Crippen molar-refractivity contribution in [1.29, 1.82) is 0 Å². The van der Waals surface area contributed by atoms with Crippen molar-refractivity contribution in [2.45, 2.75) is 33.0 Å². The smallest absolute Gasteiger partial charge is 0.263 e. The van der Waals surface area contributed by atoms with Crippen molar-refractivity contribution in [3.63, 3.8) is 0 Å². The molecule has 1 aliphatic rings. The van der Waals surface area contributed by atoms with Gasteiger partial charge in [-0.3, -0.25) is 9.59 Å². The fourth-order valence-electron chi connectivity index (χ4n) is 3.90. The van der Waals surface area contributed by atoms with Gasteiger partial charge in [-0.2, -0.15) is 0 Å². The molecule has 0 spiro atoms. The molecule has 0 radical (unpaired) electrons. The highest BCUT2D eigenvalue weighted by Crippen LogP contribution is 2.27. The second-order valence-corrected chi connectivity index (χ2v) is 7.62. The van der Waals surface area contributed by atoms with Gasteiger partial charge in [0.05, 0.1) is 32.8 Å². The van der Waals surface area contributed by atoms with Crippen molar-refractivity contribution in [1.82, 2.24) is 19.0 Å². The van der Waals surface area contributed by atoms with Crippen LogP contribution in [-0.4, -0.2) is 45.7 Å². The minimum Gasteiger partial charge on any atom is -0.493 e. The van der Waals surface area contributed by atoms with E-state index in [1.54, 1.807) is 42.4 Å². The Morgan fingerprint density at radius 3 is 2.71 bits per heavy atom. The summed E-state index contributed by atoms with van der Waals surface area (Å²) < 4.78 is 14.3. The van der Waals surface area contributed by atoms with Gasteiger partial charge in [0.2, 0.25) is 0 Å². The first-order valence-electron chi connectivity index (χ1n) is 10.2. The van der Waals surface area contributed by atoms with Gasteiger partial charge in [-0.15, -0.1) is 0 Å². The van der Waals surface area contributed by atoms with Crippen molar-refractivity contribution in [3.05, 3.63) is 75.7 Å². The zero-order chi connectivity index (χ0) is 22.0. The molecule has 2 aromatic heterocycles. The maximum Gasteiger partial charge on any atom is 0.263 e. The number of hydrogen-bond donors (Lipinski definition) is 0. The van der Waals surface area contributed by atoms with Crippen LogP contribution in [0.15, 0.2) is 47.8 Å². The molecule has 0 N–H and O–H groups in total. The fraction of sp³-hybridized carbons (Fsp3) is 0.348. The Bertz CT molecular complexity index is 1160. The number of rotatable bonds is 6. The normalized spacial score (nSPS) is 13.1. The number of methoxy groups -OCH3 is 2. The summed E-state index contributed by atoms with van der Waals surface area (Å²) in [6.07, 6.45) is 5.91. The minimum atomic E-state index is -0.260. The standard InChI is InChI=1S/C23H26N4O4/c1-16-6-8-25(9-7-17-4-5-19(30-2)20(12-17)31-3)22(28)21(16)23(29)26-10-11-27-15-24-13-18(27)14-26/h4-6,8,12-13,15H,7,9-11,14H2,1-3H3. The second kappa shape index (κ2) is 8.67. The number of amides is 1. The van der Waals surface area contributed by atoms with Crippen LogP contribution in [0.3, 0.4) is 0 Å². The summed E-state index contributed by atoms with van der Waals surface area (Å²) in [4.78, 5) is 32.2. The molecule has 31 heavy (non-hydrogen) atoms. The number of aryl methyl sites for hydroxylation is 3. The number of hydrogen-bond acceptors (Lipinski definition) is 5. The summed E-state index contributed by atoms with van der Waals surface area (Å²) in [5.41, 5.74) is 2.66. The van der Waals surface area contributed by atoms with Crippen molar-refractivity contribution in [2.75, 3.05) is 20.8 Å². The van der Waals surface area contributed by atoms with Gasteiger partial charge in [0.15, 0.2) is 11.5 Å². The molecule has 0 fully saturated rings. The van der Waals surface area contributed by atoms with Gasteiger partial charge in [-0.25, -0.2) is 4.98 Å². The zero-order valence-electron chi connectivity index (χ0n) is 18.0. The number of imidazole rings is 1. The second-order valence-electron chi connectivity index (χ2n) is 7.62. The van der Waals surface area contributed by atoms with E-state index < -0.39 is 0 Å². The molecule has 0 aliphatic carbocycles. The van der Waals surface area contributed by atoms with Gasteiger partial charge in [0.1, 0.15) is 5.56 Å². The monoisotopic (exact) mass is 422 g/mol. The molecule has 4 rings (SSSR count). The van der Waals surface area contributed by atoms with Gasteiger partial charge < -0.3 is 23.5 Å². The molecule has 8 heteroatoms. The van der Waals surface area contributed by atoms with Crippen molar-refractivity contribution < 1.29 is 14.3 Å². The SMILES string of the molecule is COc1ccc(CCn2ccc(C)c(C(=O)N3CCn4cncc4C3)c2=O)cc1OC. The van der Waals surface area contributed by atoms with Crippen molar-refractivity contribution in [3.8, 4) is 11.5 Å². The number of fused-ring (bicyclic) bond motifs is 1. The van der Waals surface area contributed by atoms with Gasteiger partial charge in [0.25, 0.3) is 11.5 Å². The molecule has 0 bridgehead atoms. The minimum absolute atomic E-state index is 0.226. The van der Waals surface area contributed by atoms with Crippen LogP contribution in [0.5, 0.6) is 11.5 Å². The zero-order valence-corrected chi connectivity index (χ0v) is 18.0. The van der Waals surface area contributed by atoms with E-state index in [4.69, 9.17) is 9.47 Å². The molecular formula is C23H26N4O4. The van der Waals surface area contributed by atoms with E-state index in [1.807, 2.05) is 35.8 Å². The average Bonchev–Trinajstić information content (AvgIpc) is 3.26. The quantitative estimate of drug-likeness (QED) is 0.609. The molecular weight excluding hydrogens is 396 g/mol. The Labute approximate surface area is 180 Å². The molecule has 0 atom stereocenters. The molecule has 0 saturated heterocycles. The number of benzene rings is 1. The van der Waals surface area contributed by atoms with Crippen LogP contribution in [0.1, 0.15) is 27.2 Å². The third kappa shape index (κ3) is 4.05. The third-order valence-corrected chi connectivity index (χ3v) is 5.73. The fourth-order valence-corrected chi connectivity index (χ4v) is 3.90. The number of carbonyl (C=O) groups excluding carboxylic acids is 1. The lowest BCUT2D eigenvalue weighted by Gasteiger charge is -2.28. The summed E-state index contributed by atoms with van der Waals surface area (Å²) >= 11 is 0. The molecule has 3 heterocycles. The molecule has 162 valence electrons. The summed E-state index contributed by atoms with van der Waals surface area (Å²) in [6.45, 7) is 3.96. The van der Waals surface area contributed by atoms with Crippen LogP contribution in [-0.2, 0) is 26.1 Å². The Kier molecular flexibility index (Phi) is 5.79. The van der Waals surface area contributed by atoms with Gasteiger partial charge >= 0.3 is 0 Å². The largest absolute Gasteiger partial charge is 0.493 e. The number of carbonyl (C=O) groups is 1. The molecule has 3 aromatic rings. The van der Waals surface area contributed by atoms with Gasteiger partial charge in [0, 0.05) is 32.0 Å². The highest BCUT2D eigenvalue weighted by atomic mass is 16.5. The molecule has 1 amide bonds. The van der Waals surface area contributed by atoms with Crippen LogP contribution in [0, 0.1) is 6.92 Å². The van der Waals surface area contributed by atoms with Gasteiger partial charge in [-0.1, -0.05) is 6.07 Å². The molecule has 0 saturated carbocycles. The summed E-state index contributed by atoms with van der Waals surface area (Å²) in [5, 5.41) is 0. The van der Waals surface area contributed by atoms with Crippen molar-refractivity contribution >= 4 is 5.91 Å². The maximum absolute atomic E-state index is 13.2. The van der Waals surface area contributed by atoms with E-state index in [1.165, 1.54) is 0 Å². The highest BCUT2D eigenvalue weighted by molar-refractivity contribution is 5.95. The van der Waals surface area contributed by atoms with Crippen LogP contribution >= 0.6 is 0 Å². The van der Waals surface area contributed by atoms with Crippen LogP contribution < -0.4 is 15.0 Å². The van der Waals surface area contributed by atoms with Crippen molar-refractivity contribution in [2.24, 2.45) is 0 Å². The van der Waals surface area contributed by atoms with Crippen LogP contribution in [0.2, 0.25) is 0 Å². The van der Waals surface area contributed by atoms with E-state index in [0.29, 0.717) is 49.7 Å². The van der Waals surface area contributed by atoms with E-state index in [0.717, 1.165) is 11.3 Å². The van der Waals surface area contributed by atoms with E-state index in [2.05, 4.69) is 4.98 Å². The number of aromatic nitrogens is 3. The maximum atomic E-state index is 13.2. The first-order valence-corrected chi connectivity index (χ1v) is 10.2. The van der Waals surface area contributed by atoms with E-state index in [9.17, 15) is 9.59 Å². The molecule has 0 unspecified atom stereocenters. The van der Waals surface area contributed by atoms with E-state index >= 15 is 0 Å². The van der Waals surface area contributed by atoms with E-state index in [-0.39, 0.29) is 17.0 Å². The van der Waals surface area contributed by atoms with Gasteiger partial charge in [-0.05, 0) is 42.7 Å². The first kappa shape index (κ1) is 20.7. The average molecular weight is 422 g/mol. The lowest BCUT2D eigenvalue weighted by Crippen LogP contribution is -2.41. The lowest BCUT2D eigenvalue weighted by molar-refractivity contribution is 0.0708. The third-order valence-electron chi connectivity index (χ3n) is 5.73. The Morgan fingerprint density at radius 2 is 1.94 bits per heavy atom. The predicted molar refractivity (Wildman–Crippen MR) is 116 cm³/mol. The van der Waals surface area contributed by atoms with Crippen LogP contribution in [0.4, 0.5) is 0 Å². The summed E-state index contributed by atoms with van der Waals surface area (Å²) in [7, 11) is 3.19. The highest BCUT2D eigenvalue weighted by Gasteiger charge is 2.25. The summed E-state index contributed by atoms with van der Waals surface area (Å²) in [5.74, 6) is 1.08. The molecule has 1 aromatic carbocycles. The number of nitrogens with zero attached hydrogens (tertiary/aromatic N) is 4. The summed E-state index contributed by atoms with van der Waals surface area (Å²) in [6, 6.07) is 7.53. The topological polar surface area (TPSA) is 78.6 Å². The molecule has 8 nitrogen and oxygen atoms in total. The Morgan fingerprint density at radius 1 is 1.13 bits per heavy atom. The molecule has 1 aliphatic heterocycles. The van der Waals surface area contributed by atoms with Crippen LogP contribution in [0.25, 0.3) is 0 Å². The predicted octanol–water partition coefficient (Wildman–Crippen LogP) is 2.27. The number of pyridine rings is 1. The first-order chi connectivity index (χ1) is 15.0. The Balaban J connectivity index is 1.54. The number of ether oxygens (including phenoxy) is 2.